The number of nitrogens with one attached hydrogen (secondary N) is 2. The average molecular weight is 422 g/mol. The number of hydrogen-bond donors (Lipinski definition) is 2. The first-order valence-electron chi connectivity index (χ1n) is 10.0. The van der Waals surface area contributed by atoms with Gasteiger partial charge in [-0.05, 0) is 36.8 Å². The lowest BCUT2D eigenvalue weighted by Crippen LogP contribution is -2.27. The zero-order valence-corrected chi connectivity index (χ0v) is 17.6. The highest BCUT2D eigenvalue weighted by atomic mass is 16.5. The van der Waals surface area contributed by atoms with E-state index in [0.29, 0.717) is 49.0 Å². The lowest BCUT2D eigenvalue weighted by Gasteiger charge is -2.14. The zero-order valence-electron chi connectivity index (χ0n) is 17.6. The molecule has 2 aromatic carbocycles. The maximum Gasteiger partial charge on any atom is 0.294 e. The molecule has 8 nitrogen and oxygen atoms in total. The Bertz CT molecular complexity index is 1050. The molecule has 0 aliphatic carbocycles. The molecule has 162 valence electrons. The lowest BCUT2D eigenvalue weighted by molar-refractivity contribution is 0.0937. The van der Waals surface area contributed by atoms with Crippen molar-refractivity contribution in [1.29, 1.82) is 0 Å². The van der Waals surface area contributed by atoms with Crippen LogP contribution in [0, 0.1) is 0 Å². The normalized spacial score (nSPS) is 10.5. The van der Waals surface area contributed by atoms with Gasteiger partial charge in [-0.1, -0.05) is 30.3 Å². The van der Waals surface area contributed by atoms with E-state index in [4.69, 9.17) is 9.47 Å². The van der Waals surface area contributed by atoms with Crippen molar-refractivity contribution in [2.45, 2.75) is 13.5 Å². The van der Waals surface area contributed by atoms with Crippen LogP contribution in [0.1, 0.15) is 22.8 Å². The fraction of sp³-hybridized carbons (Fsp3) is 0.261. The summed E-state index contributed by atoms with van der Waals surface area (Å²) in [6, 6.07) is 16.5. The minimum Gasteiger partial charge on any atom is -0.490 e. The molecule has 8 heteroatoms. The molecular weight excluding hydrogens is 396 g/mol. The number of nitrogens with zero attached hydrogens (tertiary/aromatic N) is 2. The standard InChI is InChI=1S/C23H26N4O4/c1-3-31-20-15-25-27(16-17-7-5-4-6-8-17)23(29)21(20)26-19-11-9-18(10-12-19)22(28)24-13-14-30-2/h4-12,15,26H,3,13-14,16H2,1-2H3,(H,24,28). The SMILES string of the molecule is CCOc1cnn(Cc2ccccc2)c(=O)c1Nc1ccc(C(=O)NCCOC)cc1. The highest BCUT2D eigenvalue weighted by Gasteiger charge is 2.14. The molecule has 1 heterocycles. The first-order chi connectivity index (χ1) is 15.1. The van der Waals surface area contributed by atoms with E-state index in [1.54, 1.807) is 31.4 Å². The maximum absolute atomic E-state index is 13.1. The molecule has 3 rings (SSSR count). The van der Waals surface area contributed by atoms with Crippen molar-refractivity contribution in [1.82, 2.24) is 15.1 Å². The summed E-state index contributed by atoms with van der Waals surface area (Å²) in [7, 11) is 1.58. The molecule has 0 aliphatic rings. The highest BCUT2D eigenvalue weighted by Crippen LogP contribution is 2.23. The van der Waals surface area contributed by atoms with Crippen LogP contribution < -0.4 is 20.9 Å². The predicted octanol–water partition coefficient (Wildman–Crippen LogP) is 2.81. The van der Waals surface area contributed by atoms with Gasteiger partial charge in [0.15, 0.2) is 11.4 Å². The van der Waals surface area contributed by atoms with Crippen molar-refractivity contribution in [3.8, 4) is 5.75 Å². The largest absolute Gasteiger partial charge is 0.490 e. The van der Waals surface area contributed by atoms with Gasteiger partial charge in [-0.3, -0.25) is 9.59 Å². The van der Waals surface area contributed by atoms with Crippen LogP contribution in [0.4, 0.5) is 11.4 Å². The number of benzene rings is 2. The van der Waals surface area contributed by atoms with Crippen molar-refractivity contribution >= 4 is 17.3 Å². The molecule has 31 heavy (non-hydrogen) atoms. The Hall–Kier alpha value is -3.65. The molecule has 0 unspecified atom stereocenters. The monoisotopic (exact) mass is 422 g/mol. The molecule has 0 saturated carbocycles. The molecule has 0 aliphatic heterocycles. The van der Waals surface area contributed by atoms with Crippen molar-refractivity contribution in [2.75, 3.05) is 32.2 Å². The number of methoxy groups -OCH3 is 1. The van der Waals surface area contributed by atoms with E-state index in [2.05, 4.69) is 15.7 Å². The van der Waals surface area contributed by atoms with Crippen LogP contribution in [0.15, 0.2) is 65.6 Å². The van der Waals surface area contributed by atoms with E-state index >= 15 is 0 Å². The van der Waals surface area contributed by atoms with E-state index in [0.717, 1.165) is 5.56 Å². The van der Waals surface area contributed by atoms with Gasteiger partial charge in [0.1, 0.15) is 0 Å². The van der Waals surface area contributed by atoms with Crippen molar-refractivity contribution in [3.63, 3.8) is 0 Å². The topological polar surface area (TPSA) is 94.5 Å². The quantitative estimate of drug-likeness (QED) is 0.488. The Morgan fingerprint density at radius 2 is 1.84 bits per heavy atom. The summed E-state index contributed by atoms with van der Waals surface area (Å²) in [4.78, 5) is 25.2. The molecule has 1 amide bonds. The first-order valence-corrected chi connectivity index (χ1v) is 10.0. The second kappa shape index (κ2) is 10.9. The van der Waals surface area contributed by atoms with Crippen molar-refractivity contribution < 1.29 is 14.3 Å². The summed E-state index contributed by atoms with van der Waals surface area (Å²) in [6.45, 7) is 3.48. The van der Waals surface area contributed by atoms with Crippen LogP contribution in [0.2, 0.25) is 0 Å². The van der Waals surface area contributed by atoms with Gasteiger partial charge in [-0.25, -0.2) is 4.68 Å². The molecular formula is C23H26N4O4. The van der Waals surface area contributed by atoms with Crippen molar-refractivity contribution in [2.24, 2.45) is 0 Å². The minimum atomic E-state index is -0.295. The molecule has 0 saturated heterocycles. The molecule has 0 atom stereocenters. The van der Waals surface area contributed by atoms with E-state index in [1.807, 2.05) is 37.3 Å². The Morgan fingerprint density at radius 1 is 1.10 bits per heavy atom. The third-order valence-electron chi connectivity index (χ3n) is 4.49. The van der Waals surface area contributed by atoms with Crippen LogP contribution in [-0.2, 0) is 11.3 Å². The zero-order chi connectivity index (χ0) is 22.1. The smallest absolute Gasteiger partial charge is 0.294 e. The minimum absolute atomic E-state index is 0.187. The van der Waals surface area contributed by atoms with Gasteiger partial charge in [0.2, 0.25) is 0 Å². The number of carbonyl (C=O) groups is 1. The summed E-state index contributed by atoms with van der Waals surface area (Å²) < 4.78 is 11.9. The Morgan fingerprint density at radius 3 is 2.52 bits per heavy atom. The van der Waals surface area contributed by atoms with Crippen LogP contribution in [0.5, 0.6) is 5.75 Å². The fourth-order valence-electron chi connectivity index (χ4n) is 2.94. The highest BCUT2D eigenvalue weighted by molar-refractivity contribution is 5.94. The first kappa shape index (κ1) is 22.0. The van der Waals surface area contributed by atoms with Gasteiger partial charge in [-0.15, -0.1) is 0 Å². The van der Waals surface area contributed by atoms with Gasteiger partial charge in [0.25, 0.3) is 11.5 Å². The maximum atomic E-state index is 13.1. The van der Waals surface area contributed by atoms with E-state index in [1.165, 1.54) is 10.9 Å². The Balaban J connectivity index is 1.81. The second-order valence-electron chi connectivity index (χ2n) is 6.72. The third-order valence-corrected chi connectivity index (χ3v) is 4.49. The van der Waals surface area contributed by atoms with Crippen LogP contribution >= 0.6 is 0 Å². The van der Waals surface area contributed by atoms with E-state index < -0.39 is 0 Å². The summed E-state index contributed by atoms with van der Waals surface area (Å²) in [5.41, 5.74) is 2.14. The number of ether oxygens (including phenoxy) is 2. The van der Waals surface area contributed by atoms with E-state index in [-0.39, 0.29) is 11.5 Å². The third kappa shape index (κ3) is 5.93. The molecule has 1 aromatic heterocycles. The van der Waals surface area contributed by atoms with Gasteiger partial charge in [0.05, 0.1) is 26.0 Å². The van der Waals surface area contributed by atoms with Crippen molar-refractivity contribution in [3.05, 3.63) is 82.3 Å². The van der Waals surface area contributed by atoms with Gasteiger partial charge in [-0.2, -0.15) is 5.10 Å². The number of carbonyl (C=O) groups excluding carboxylic acids is 1. The van der Waals surface area contributed by atoms with Gasteiger partial charge < -0.3 is 20.1 Å². The number of amides is 1. The van der Waals surface area contributed by atoms with Crippen LogP contribution in [0.3, 0.4) is 0 Å². The average Bonchev–Trinajstić information content (AvgIpc) is 2.79. The van der Waals surface area contributed by atoms with Gasteiger partial charge in [0, 0.05) is 24.9 Å². The van der Waals surface area contributed by atoms with Crippen LogP contribution in [0.25, 0.3) is 0 Å². The molecule has 0 bridgehead atoms. The fourth-order valence-corrected chi connectivity index (χ4v) is 2.94. The number of aromatic nitrogens is 2. The van der Waals surface area contributed by atoms with Gasteiger partial charge >= 0.3 is 0 Å². The summed E-state index contributed by atoms with van der Waals surface area (Å²) in [5.74, 6) is 0.186. The molecule has 3 aromatic rings. The Kier molecular flexibility index (Phi) is 7.78. The molecule has 0 radical (unpaired) electrons. The predicted molar refractivity (Wildman–Crippen MR) is 119 cm³/mol. The summed E-state index contributed by atoms with van der Waals surface area (Å²) in [6.07, 6.45) is 1.54. The number of rotatable bonds is 10. The molecule has 0 spiro atoms. The second-order valence-corrected chi connectivity index (χ2v) is 6.72. The van der Waals surface area contributed by atoms with Crippen LogP contribution in [-0.4, -0.2) is 42.6 Å². The molecule has 0 fully saturated rings. The molecule has 2 N–H and O–H groups in total. The number of anilines is 2. The lowest BCUT2D eigenvalue weighted by atomic mass is 10.2. The number of hydrogen-bond acceptors (Lipinski definition) is 6. The van der Waals surface area contributed by atoms with E-state index in [9.17, 15) is 9.59 Å². The Labute approximate surface area is 180 Å². The summed E-state index contributed by atoms with van der Waals surface area (Å²) >= 11 is 0. The summed E-state index contributed by atoms with van der Waals surface area (Å²) in [5, 5.41) is 10.1.